The van der Waals surface area contributed by atoms with Gasteiger partial charge in [0.15, 0.2) is 0 Å². The smallest absolute Gasteiger partial charge is 0.304 e. The molecule has 78 valence electrons. The van der Waals surface area contributed by atoms with Gasteiger partial charge in [-0.2, -0.15) is 0 Å². The number of aromatic nitrogens is 1. The Morgan fingerprint density at radius 3 is 2.43 bits per heavy atom. The molecule has 0 spiro atoms. The van der Waals surface area contributed by atoms with Crippen LogP contribution in [0.15, 0.2) is 0 Å². The molecule has 4 heteroatoms. The van der Waals surface area contributed by atoms with Crippen molar-refractivity contribution in [3.8, 4) is 0 Å². The molecular formula is C10H15NO2S. The lowest BCUT2D eigenvalue weighted by atomic mass is 9.87. The second kappa shape index (κ2) is 3.69. The fourth-order valence-corrected chi connectivity index (χ4v) is 2.64. The minimum absolute atomic E-state index is 0.148. The monoisotopic (exact) mass is 213 g/mol. The van der Waals surface area contributed by atoms with Gasteiger partial charge in [0, 0.05) is 10.3 Å². The van der Waals surface area contributed by atoms with Gasteiger partial charge in [-0.05, 0) is 13.8 Å². The van der Waals surface area contributed by atoms with Crippen LogP contribution < -0.4 is 0 Å². The van der Waals surface area contributed by atoms with E-state index in [1.165, 1.54) is 0 Å². The van der Waals surface area contributed by atoms with Gasteiger partial charge in [0.1, 0.15) is 0 Å². The van der Waals surface area contributed by atoms with Crippen molar-refractivity contribution in [1.29, 1.82) is 0 Å². The molecule has 0 radical (unpaired) electrons. The average Bonchev–Trinajstić information content (AvgIpc) is 2.27. The summed E-state index contributed by atoms with van der Waals surface area (Å²) in [5, 5.41) is 9.79. The topological polar surface area (TPSA) is 50.2 Å². The number of rotatable bonds is 3. The first-order chi connectivity index (χ1) is 6.33. The van der Waals surface area contributed by atoms with Crippen LogP contribution in [0.4, 0.5) is 0 Å². The second-order valence-electron chi connectivity index (χ2n) is 4.10. The van der Waals surface area contributed by atoms with Crippen LogP contribution in [0.25, 0.3) is 0 Å². The molecular weight excluding hydrogens is 198 g/mol. The molecule has 1 aromatic heterocycles. The highest BCUT2D eigenvalue weighted by atomic mass is 32.1. The van der Waals surface area contributed by atoms with Gasteiger partial charge in [-0.1, -0.05) is 13.8 Å². The Morgan fingerprint density at radius 1 is 1.50 bits per heavy atom. The standard InChI is InChI=1S/C10H15NO2S/c1-6-9(14-7(2)11-6)10(3,4)5-8(12)13/h5H2,1-4H3,(H,12,13). The van der Waals surface area contributed by atoms with Crippen LogP contribution in [0.1, 0.15) is 35.8 Å². The summed E-state index contributed by atoms with van der Waals surface area (Å²) in [7, 11) is 0. The number of aryl methyl sites for hydroxylation is 2. The predicted octanol–water partition coefficient (Wildman–Crippen LogP) is 2.51. The maximum absolute atomic E-state index is 10.7. The lowest BCUT2D eigenvalue weighted by Gasteiger charge is -2.21. The molecule has 1 N–H and O–H groups in total. The van der Waals surface area contributed by atoms with Crippen LogP contribution in [-0.2, 0) is 10.2 Å². The number of aliphatic carboxylic acids is 1. The third-order valence-corrected chi connectivity index (χ3v) is 3.55. The average molecular weight is 213 g/mol. The fourth-order valence-electron chi connectivity index (χ4n) is 1.62. The lowest BCUT2D eigenvalue weighted by Crippen LogP contribution is -2.21. The van der Waals surface area contributed by atoms with Crippen molar-refractivity contribution >= 4 is 17.3 Å². The largest absolute Gasteiger partial charge is 0.481 e. The van der Waals surface area contributed by atoms with Crippen molar-refractivity contribution < 1.29 is 9.90 Å². The summed E-state index contributed by atoms with van der Waals surface area (Å²) in [5.74, 6) is -0.763. The van der Waals surface area contributed by atoms with Crippen LogP contribution in [-0.4, -0.2) is 16.1 Å². The number of hydrogen-bond donors (Lipinski definition) is 1. The first kappa shape index (κ1) is 11.2. The Labute approximate surface area is 87.8 Å². The third kappa shape index (κ3) is 2.32. The Hall–Kier alpha value is -0.900. The minimum atomic E-state index is -0.763. The number of carbonyl (C=O) groups is 1. The molecule has 0 atom stereocenters. The summed E-state index contributed by atoms with van der Waals surface area (Å²) in [6.07, 6.45) is 0.148. The summed E-state index contributed by atoms with van der Waals surface area (Å²) >= 11 is 1.59. The number of nitrogens with zero attached hydrogens (tertiary/aromatic N) is 1. The van der Waals surface area contributed by atoms with E-state index in [-0.39, 0.29) is 11.8 Å². The molecule has 14 heavy (non-hydrogen) atoms. The number of carboxylic acid groups (broad SMARTS) is 1. The molecule has 1 heterocycles. The summed E-state index contributed by atoms with van der Waals surface area (Å²) in [6, 6.07) is 0. The molecule has 1 aromatic rings. The zero-order valence-corrected chi connectivity index (χ0v) is 9.73. The summed E-state index contributed by atoms with van der Waals surface area (Å²) in [4.78, 5) is 16.1. The van der Waals surface area contributed by atoms with Gasteiger partial charge in [-0.3, -0.25) is 4.79 Å². The van der Waals surface area contributed by atoms with Crippen molar-refractivity contribution in [3.05, 3.63) is 15.6 Å². The maximum atomic E-state index is 10.7. The molecule has 0 aliphatic carbocycles. The van der Waals surface area contributed by atoms with Crippen LogP contribution in [0.3, 0.4) is 0 Å². The van der Waals surface area contributed by atoms with Gasteiger partial charge in [-0.15, -0.1) is 11.3 Å². The molecule has 0 unspecified atom stereocenters. The fraction of sp³-hybridized carbons (Fsp3) is 0.600. The van der Waals surface area contributed by atoms with Gasteiger partial charge in [0.2, 0.25) is 0 Å². The van der Waals surface area contributed by atoms with Gasteiger partial charge in [-0.25, -0.2) is 4.98 Å². The van der Waals surface area contributed by atoms with Crippen LogP contribution in [0.2, 0.25) is 0 Å². The van der Waals surface area contributed by atoms with Gasteiger partial charge >= 0.3 is 5.97 Å². The van der Waals surface area contributed by atoms with Crippen LogP contribution >= 0.6 is 11.3 Å². The molecule has 0 saturated carbocycles. The first-order valence-corrected chi connectivity index (χ1v) is 5.31. The first-order valence-electron chi connectivity index (χ1n) is 4.49. The zero-order chi connectivity index (χ0) is 10.9. The summed E-state index contributed by atoms with van der Waals surface area (Å²) < 4.78 is 0. The predicted molar refractivity (Wildman–Crippen MR) is 56.9 cm³/mol. The molecule has 0 bridgehead atoms. The maximum Gasteiger partial charge on any atom is 0.304 e. The van der Waals surface area contributed by atoms with Crippen LogP contribution in [0.5, 0.6) is 0 Å². The van der Waals surface area contributed by atoms with Crippen molar-refractivity contribution in [2.24, 2.45) is 0 Å². The Balaban J connectivity index is 3.02. The number of thiazole rings is 1. The van der Waals surface area contributed by atoms with E-state index >= 15 is 0 Å². The van der Waals surface area contributed by atoms with Gasteiger partial charge in [0.25, 0.3) is 0 Å². The molecule has 0 aromatic carbocycles. The molecule has 1 rings (SSSR count). The van der Waals surface area contributed by atoms with E-state index in [1.807, 2.05) is 27.7 Å². The molecule has 0 aliphatic rings. The minimum Gasteiger partial charge on any atom is -0.481 e. The highest BCUT2D eigenvalue weighted by molar-refractivity contribution is 7.11. The zero-order valence-electron chi connectivity index (χ0n) is 8.92. The third-order valence-electron chi connectivity index (χ3n) is 2.11. The highest BCUT2D eigenvalue weighted by Crippen LogP contribution is 2.33. The van der Waals surface area contributed by atoms with Gasteiger partial charge in [0.05, 0.1) is 17.1 Å². The Kier molecular flexibility index (Phi) is 2.95. The quantitative estimate of drug-likeness (QED) is 0.839. The SMILES string of the molecule is Cc1nc(C)c(C(C)(C)CC(=O)O)s1. The van der Waals surface area contributed by atoms with Crippen molar-refractivity contribution in [2.45, 2.75) is 39.5 Å². The van der Waals surface area contributed by atoms with Crippen molar-refractivity contribution in [3.63, 3.8) is 0 Å². The summed E-state index contributed by atoms with van der Waals surface area (Å²) in [5.41, 5.74) is 0.640. The molecule has 0 aliphatic heterocycles. The molecule has 0 saturated heterocycles. The van der Waals surface area contributed by atoms with E-state index in [4.69, 9.17) is 5.11 Å². The molecule has 0 fully saturated rings. The number of hydrogen-bond acceptors (Lipinski definition) is 3. The summed E-state index contributed by atoms with van der Waals surface area (Å²) in [6.45, 7) is 7.77. The van der Waals surface area contributed by atoms with Gasteiger partial charge < -0.3 is 5.11 Å². The van der Waals surface area contributed by atoms with E-state index in [0.717, 1.165) is 15.6 Å². The Bertz CT molecular complexity index is 355. The number of carboxylic acids is 1. The van der Waals surface area contributed by atoms with Crippen molar-refractivity contribution in [1.82, 2.24) is 4.98 Å². The van der Waals surface area contributed by atoms with Crippen LogP contribution in [0, 0.1) is 13.8 Å². The van der Waals surface area contributed by atoms with E-state index in [0.29, 0.717) is 0 Å². The van der Waals surface area contributed by atoms with E-state index in [9.17, 15) is 4.79 Å². The van der Waals surface area contributed by atoms with E-state index in [2.05, 4.69) is 4.98 Å². The normalized spacial score (nSPS) is 11.7. The molecule has 3 nitrogen and oxygen atoms in total. The molecule has 0 amide bonds. The Morgan fingerprint density at radius 2 is 2.07 bits per heavy atom. The van der Waals surface area contributed by atoms with E-state index < -0.39 is 5.97 Å². The van der Waals surface area contributed by atoms with Crippen molar-refractivity contribution in [2.75, 3.05) is 0 Å². The lowest BCUT2D eigenvalue weighted by molar-refractivity contribution is -0.138. The second-order valence-corrected chi connectivity index (χ2v) is 5.31. The van der Waals surface area contributed by atoms with E-state index in [1.54, 1.807) is 11.3 Å². The highest BCUT2D eigenvalue weighted by Gasteiger charge is 2.28.